The molecule has 84 valence electrons. The van der Waals surface area contributed by atoms with Gasteiger partial charge in [0.25, 0.3) is 0 Å². The van der Waals surface area contributed by atoms with Crippen LogP contribution in [0.5, 0.6) is 0 Å². The Balaban J connectivity index is 2.02. The van der Waals surface area contributed by atoms with Crippen molar-refractivity contribution in [1.29, 1.82) is 0 Å². The average molecular weight is 244 g/mol. The second-order valence-electron chi connectivity index (χ2n) is 3.59. The van der Waals surface area contributed by atoms with E-state index in [-0.39, 0.29) is 0 Å². The lowest BCUT2D eigenvalue weighted by atomic mass is 10.2. The van der Waals surface area contributed by atoms with Crippen LogP contribution < -0.4 is 11.2 Å². The van der Waals surface area contributed by atoms with Gasteiger partial charge in [-0.05, 0) is 30.6 Å². The second-order valence-corrected chi connectivity index (χ2v) is 5.18. The molecule has 0 aliphatic carbocycles. The molecule has 0 bridgehead atoms. The third kappa shape index (κ3) is 2.56. The van der Waals surface area contributed by atoms with Gasteiger partial charge in [0.05, 0.1) is 4.90 Å². The van der Waals surface area contributed by atoms with Gasteiger partial charge in [-0.3, -0.25) is 0 Å². The maximum Gasteiger partial charge on any atom is 0.153 e. The normalized spacial score (nSPS) is 17.9. The van der Waals surface area contributed by atoms with E-state index in [0.29, 0.717) is 5.82 Å². The number of nitrogen functional groups attached to an aromatic ring is 1. The summed E-state index contributed by atoms with van der Waals surface area (Å²) in [5.74, 6) is 0.645. The van der Waals surface area contributed by atoms with Gasteiger partial charge >= 0.3 is 0 Å². The highest BCUT2D eigenvalue weighted by Crippen LogP contribution is 2.35. The van der Waals surface area contributed by atoms with Crippen LogP contribution in [0.2, 0.25) is 0 Å². The highest BCUT2D eigenvalue weighted by molar-refractivity contribution is 7.99. The molecule has 0 atom stereocenters. The number of nitrogens with one attached hydrogen (secondary N) is 1. The van der Waals surface area contributed by atoms with Crippen LogP contribution in [-0.2, 0) is 0 Å². The summed E-state index contributed by atoms with van der Waals surface area (Å²) < 4.78 is 4.16. The first-order valence-electron chi connectivity index (χ1n) is 5.12. The summed E-state index contributed by atoms with van der Waals surface area (Å²) in [6.45, 7) is 2.23. The molecule has 0 amide bonds. The minimum absolute atomic E-state index is 0.645. The number of aromatic nitrogens is 1. The van der Waals surface area contributed by atoms with Crippen LogP contribution in [0.1, 0.15) is 19.3 Å². The molecule has 0 aromatic carbocycles. The molecule has 3 N–H and O–H groups in total. The van der Waals surface area contributed by atoms with Gasteiger partial charge in [-0.2, -0.15) is 4.37 Å². The first-order chi connectivity index (χ1) is 7.31. The Hall–Kier alpha value is -0.460. The molecule has 1 aliphatic heterocycles. The zero-order valence-corrected chi connectivity index (χ0v) is 10.5. The Kier molecular flexibility index (Phi) is 3.71. The molecule has 15 heavy (non-hydrogen) atoms. The number of nitrogens with zero attached hydrogens (tertiary/aromatic N) is 2. The first kappa shape index (κ1) is 11.0. The lowest BCUT2D eigenvalue weighted by Crippen LogP contribution is -2.34. The molecule has 1 aromatic rings. The van der Waals surface area contributed by atoms with E-state index in [1.165, 1.54) is 30.8 Å². The highest BCUT2D eigenvalue weighted by atomic mass is 32.2. The average Bonchev–Trinajstić information content (AvgIpc) is 2.61. The van der Waals surface area contributed by atoms with E-state index >= 15 is 0 Å². The predicted molar refractivity (Wildman–Crippen MR) is 67.4 cm³/mol. The van der Waals surface area contributed by atoms with Gasteiger partial charge in [-0.25, -0.2) is 5.01 Å². The van der Waals surface area contributed by atoms with Crippen molar-refractivity contribution in [3.05, 3.63) is 0 Å². The van der Waals surface area contributed by atoms with Crippen LogP contribution in [0, 0.1) is 0 Å². The molecular formula is C9H16N4S2. The summed E-state index contributed by atoms with van der Waals surface area (Å²) in [5, 5.41) is 3.35. The largest absolute Gasteiger partial charge is 0.382 e. The van der Waals surface area contributed by atoms with Crippen molar-refractivity contribution in [1.82, 2.24) is 9.38 Å². The zero-order chi connectivity index (χ0) is 10.7. The van der Waals surface area contributed by atoms with Crippen molar-refractivity contribution in [2.45, 2.75) is 24.2 Å². The van der Waals surface area contributed by atoms with E-state index in [1.54, 1.807) is 11.8 Å². The molecule has 4 nitrogen and oxygen atoms in total. The topological polar surface area (TPSA) is 54.2 Å². The number of anilines is 2. The van der Waals surface area contributed by atoms with Crippen LogP contribution in [-0.4, -0.2) is 28.7 Å². The van der Waals surface area contributed by atoms with Gasteiger partial charge in [0.15, 0.2) is 5.82 Å². The van der Waals surface area contributed by atoms with E-state index in [9.17, 15) is 0 Å². The summed E-state index contributed by atoms with van der Waals surface area (Å²) in [6, 6.07) is 0. The molecular weight excluding hydrogens is 228 g/mol. The van der Waals surface area contributed by atoms with E-state index in [4.69, 9.17) is 5.73 Å². The van der Waals surface area contributed by atoms with Crippen molar-refractivity contribution in [2.75, 3.05) is 30.5 Å². The number of rotatable bonds is 3. The van der Waals surface area contributed by atoms with Gasteiger partial charge in [0, 0.05) is 13.1 Å². The molecule has 1 aromatic heterocycles. The summed E-state index contributed by atoms with van der Waals surface area (Å²) in [7, 11) is 0. The predicted octanol–water partition coefficient (Wildman–Crippen LogP) is 2.26. The second kappa shape index (κ2) is 5.05. The number of hydrogen-bond donors (Lipinski definition) is 2. The minimum atomic E-state index is 0.645. The van der Waals surface area contributed by atoms with Crippen LogP contribution in [0.25, 0.3) is 0 Å². The summed E-state index contributed by atoms with van der Waals surface area (Å²) in [6.07, 6.45) is 5.92. The molecule has 1 aliphatic rings. The molecule has 6 heteroatoms. The molecule has 2 rings (SSSR count). The van der Waals surface area contributed by atoms with Crippen molar-refractivity contribution >= 4 is 34.1 Å². The standard InChI is InChI=1S/C9H16N4S2/c1-14-7-8(10)12-15-9(7)11-13-5-3-2-4-6-13/h11H,2-6H2,1H3,(H2,10,12). The van der Waals surface area contributed by atoms with Crippen molar-refractivity contribution < 1.29 is 0 Å². The van der Waals surface area contributed by atoms with Crippen LogP contribution in [0.4, 0.5) is 10.8 Å². The van der Waals surface area contributed by atoms with Gasteiger partial charge in [0.2, 0.25) is 0 Å². The van der Waals surface area contributed by atoms with Gasteiger partial charge in [-0.15, -0.1) is 11.8 Å². The van der Waals surface area contributed by atoms with Crippen LogP contribution in [0.3, 0.4) is 0 Å². The highest BCUT2D eigenvalue weighted by Gasteiger charge is 2.15. The Morgan fingerprint density at radius 3 is 2.80 bits per heavy atom. The van der Waals surface area contributed by atoms with Gasteiger partial charge in [-0.1, -0.05) is 6.42 Å². The van der Waals surface area contributed by atoms with Crippen molar-refractivity contribution in [3.8, 4) is 0 Å². The Labute approximate surface area is 98.4 Å². The molecule has 1 saturated heterocycles. The summed E-state index contributed by atoms with van der Waals surface area (Å²) in [5.41, 5.74) is 9.19. The fourth-order valence-corrected chi connectivity index (χ4v) is 3.26. The van der Waals surface area contributed by atoms with Crippen molar-refractivity contribution in [2.24, 2.45) is 0 Å². The fourth-order valence-electron chi connectivity index (χ4n) is 1.71. The van der Waals surface area contributed by atoms with Crippen LogP contribution in [0.15, 0.2) is 4.90 Å². The van der Waals surface area contributed by atoms with E-state index in [1.807, 2.05) is 6.26 Å². The van der Waals surface area contributed by atoms with Gasteiger partial charge < -0.3 is 11.2 Å². The summed E-state index contributed by atoms with van der Waals surface area (Å²) in [4.78, 5) is 1.07. The molecule has 0 spiro atoms. The maximum absolute atomic E-state index is 5.78. The summed E-state index contributed by atoms with van der Waals surface area (Å²) >= 11 is 3.10. The zero-order valence-electron chi connectivity index (χ0n) is 8.82. The van der Waals surface area contributed by atoms with Crippen molar-refractivity contribution in [3.63, 3.8) is 0 Å². The number of hydrazine groups is 1. The number of thioether (sulfide) groups is 1. The smallest absolute Gasteiger partial charge is 0.153 e. The lowest BCUT2D eigenvalue weighted by molar-refractivity contribution is 0.273. The maximum atomic E-state index is 5.78. The van der Waals surface area contributed by atoms with E-state index in [0.717, 1.165) is 23.0 Å². The lowest BCUT2D eigenvalue weighted by Gasteiger charge is -2.27. The molecule has 0 unspecified atom stereocenters. The Morgan fingerprint density at radius 1 is 1.40 bits per heavy atom. The molecule has 1 fully saturated rings. The third-order valence-corrected chi connectivity index (χ3v) is 4.21. The monoisotopic (exact) mass is 244 g/mol. The van der Waals surface area contributed by atoms with E-state index < -0.39 is 0 Å². The Morgan fingerprint density at radius 2 is 2.13 bits per heavy atom. The molecule has 2 heterocycles. The minimum Gasteiger partial charge on any atom is -0.382 e. The van der Waals surface area contributed by atoms with Gasteiger partial charge in [0.1, 0.15) is 5.00 Å². The third-order valence-electron chi connectivity index (χ3n) is 2.49. The number of hydrogen-bond acceptors (Lipinski definition) is 6. The van der Waals surface area contributed by atoms with E-state index in [2.05, 4.69) is 14.8 Å². The molecule has 0 radical (unpaired) electrons. The SMILES string of the molecule is CSc1c(N)nsc1NN1CCCCC1. The number of piperidine rings is 1. The Bertz CT molecular complexity index is 320. The van der Waals surface area contributed by atoms with Crippen LogP contribution >= 0.6 is 23.3 Å². The quantitative estimate of drug-likeness (QED) is 0.799. The first-order valence-corrected chi connectivity index (χ1v) is 7.12. The number of nitrogens with two attached hydrogens (primary N) is 1. The fraction of sp³-hybridized carbons (Fsp3) is 0.667. The molecule has 0 saturated carbocycles.